The fourth-order valence-electron chi connectivity index (χ4n) is 9.40. The first-order valence-corrected chi connectivity index (χ1v) is 19.3. The van der Waals surface area contributed by atoms with Crippen LogP contribution >= 0.6 is 0 Å². The number of hydrogen-bond acceptors (Lipinski definition) is 5. The Morgan fingerprint density at radius 2 is 0.684 bits per heavy atom. The molecule has 11 aromatic rings. The van der Waals surface area contributed by atoms with Crippen molar-refractivity contribution in [1.82, 2.24) is 0 Å². The Morgan fingerprint density at radius 1 is 0.298 bits per heavy atom. The molecule has 0 N–H and O–H groups in total. The molecule has 2 aliphatic heterocycles. The SMILES string of the molecule is c1ccc2c(c1)Oc1ccccc1N2c1c2ccccc2c(N2c3ccccc3Oc3cc4c(cc32)oc2c3ccccc3c3ccccc3c42)c2ccccc12. The molecule has 57 heavy (non-hydrogen) atoms. The molecule has 0 aliphatic carbocycles. The number of hydrogen-bond donors (Lipinski definition) is 0. The van der Waals surface area contributed by atoms with Crippen LogP contribution in [0.4, 0.5) is 34.1 Å². The van der Waals surface area contributed by atoms with Gasteiger partial charge in [0.1, 0.15) is 11.2 Å². The average molecular weight is 731 g/mol. The van der Waals surface area contributed by atoms with Gasteiger partial charge >= 0.3 is 0 Å². The van der Waals surface area contributed by atoms with Crippen LogP contribution in [0.25, 0.3) is 65.0 Å². The molecule has 1 aromatic heterocycles. The zero-order chi connectivity index (χ0) is 37.2. The van der Waals surface area contributed by atoms with Crippen molar-refractivity contribution in [2.24, 2.45) is 0 Å². The minimum atomic E-state index is 0.773. The third-order valence-corrected chi connectivity index (χ3v) is 11.7. The van der Waals surface area contributed by atoms with Gasteiger partial charge in [0, 0.05) is 43.8 Å². The number of para-hydroxylation sites is 6. The molecule has 0 atom stereocenters. The summed E-state index contributed by atoms with van der Waals surface area (Å²) in [5.74, 6) is 3.20. The number of anilines is 6. The molecule has 0 unspecified atom stereocenters. The van der Waals surface area contributed by atoms with E-state index in [2.05, 4.69) is 161 Å². The fraction of sp³-hybridized carbons (Fsp3) is 0. The highest BCUT2D eigenvalue weighted by Gasteiger charge is 2.34. The summed E-state index contributed by atoms with van der Waals surface area (Å²) in [5.41, 5.74) is 7.73. The summed E-state index contributed by atoms with van der Waals surface area (Å²) >= 11 is 0. The summed E-state index contributed by atoms with van der Waals surface area (Å²) in [4.78, 5) is 4.75. The van der Waals surface area contributed by atoms with Crippen molar-refractivity contribution in [3.05, 3.63) is 182 Å². The van der Waals surface area contributed by atoms with Crippen LogP contribution in [0.2, 0.25) is 0 Å². The molecule has 13 rings (SSSR count). The monoisotopic (exact) mass is 730 g/mol. The standard InChI is InChI=1S/C52H30N2O3/c1-3-17-33-31(15-1)32-16-2-8-22-38(32)52-49(33)39-29-48-43(30-47(39)57-52)54(42-25-11-14-28-46(42)56-48)51-36-20-6-4-18-34(36)50(35-19-5-7-21-37(35)51)53-40-23-9-12-26-44(40)55-45-27-13-10-24-41(45)53/h1-30H. The number of nitrogens with zero attached hydrogens (tertiary/aromatic N) is 2. The molecule has 0 amide bonds. The molecule has 0 saturated heterocycles. The van der Waals surface area contributed by atoms with Gasteiger partial charge in [-0.1, -0.05) is 133 Å². The van der Waals surface area contributed by atoms with Gasteiger partial charge in [-0.3, -0.25) is 0 Å². The average Bonchev–Trinajstić information content (AvgIpc) is 3.65. The Bertz CT molecular complexity index is 3410. The van der Waals surface area contributed by atoms with Gasteiger partial charge in [-0.25, -0.2) is 0 Å². The van der Waals surface area contributed by atoms with Gasteiger partial charge in [-0.2, -0.15) is 0 Å². The zero-order valence-corrected chi connectivity index (χ0v) is 30.4. The summed E-state index contributed by atoms with van der Waals surface area (Å²) in [6, 6.07) is 64.0. The normalized spacial score (nSPS) is 13.1. The molecule has 0 radical (unpaired) electrons. The topological polar surface area (TPSA) is 38.1 Å². The first-order valence-electron chi connectivity index (χ1n) is 19.3. The van der Waals surface area contributed by atoms with Crippen molar-refractivity contribution in [3.8, 4) is 23.0 Å². The third kappa shape index (κ3) is 4.17. The molecular formula is C52H30N2O3. The van der Waals surface area contributed by atoms with E-state index in [1.54, 1.807) is 0 Å². The third-order valence-electron chi connectivity index (χ3n) is 11.7. The Balaban J connectivity index is 1.14. The predicted octanol–water partition coefficient (Wildman–Crippen LogP) is 15.3. The summed E-state index contributed by atoms with van der Waals surface area (Å²) < 4.78 is 20.3. The minimum Gasteiger partial charge on any atom is -0.455 e. The Labute approximate surface area is 326 Å². The smallest absolute Gasteiger partial charge is 0.152 e. The number of ether oxygens (including phenoxy) is 2. The van der Waals surface area contributed by atoms with Crippen LogP contribution in [0.5, 0.6) is 23.0 Å². The van der Waals surface area contributed by atoms with Gasteiger partial charge in [0.15, 0.2) is 23.0 Å². The lowest BCUT2D eigenvalue weighted by Gasteiger charge is -2.37. The first kappa shape index (κ1) is 30.6. The molecule has 0 saturated carbocycles. The van der Waals surface area contributed by atoms with E-state index in [0.29, 0.717) is 0 Å². The van der Waals surface area contributed by atoms with Crippen LogP contribution in [0.1, 0.15) is 0 Å². The highest BCUT2D eigenvalue weighted by molar-refractivity contribution is 6.31. The molecule has 3 heterocycles. The van der Waals surface area contributed by atoms with Gasteiger partial charge in [-0.15, -0.1) is 0 Å². The van der Waals surface area contributed by atoms with Crippen molar-refractivity contribution >= 4 is 99.2 Å². The molecule has 0 fully saturated rings. The van der Waals surface area contributed by atoms with E-state index in [0.717, 1.165) is 111 Å². The van der Waals surface area contributed by atoms with Gasteiger partial charge < -0.3 is 23.7 Å². The second-order valence-electron chi connectivity index (χ2n) is 14.8. The van der Waals surface area contributed by atoms with E-state index in [9.17, 15) is 0 Å². The lowest BCUT2D eigenvalue weighted by atomic mass is 9.94. The van der Waals surface area contributed by atoms with E-state index < -0.39 is 0 Å². The van der Waals surface area contributed by atoms with Crippen LogP contribution in [0, 0.1) is 0 Å². The Morgan fingerprint density at radius 3 is 1.21 bits per heavy atom. The first-order chi connectivity index (χ1) is 28.3. The lowest BCUT2D eigenvalue weighted by molar-refractivity contribution is 0.477. The van der Waals surface area contributed by atoms with Crippen LogP contribution in [0.15, 0.2) is 186 Å². The van der Waals surface area contributed by atoms with Gasteiger partial charge in [0.05, 0.1) is 34.1 Å². The van der Waals surface area contributed by atoms with Crippen LogP contribution in [-0.2, 0) is 0 Å². The summed E-state index contributed by atoms with van der Waals surface area (Å²) in [6.07, 6.45) is 0. The second-order valence-corrected chi connectivity index (χ2v) is 14.8. The number of furan rings is 1. The maximum Gasteiger partial charge on any atom is 0.152 e. The Hall–Kier alpha value is -7.76. The van der Waals surface area contributed by atoms with Crippen molar-refractivity contribution < 1.29 is 13.9 Å². The molecule has 0 spiro atoms. The molecule has 5 heteroatoms. The van der Waals surface area contributed by atoms with Crippen molar-refractivity contribution in [2.75, 3.05) is 9.80 Å². The van der Waals surface area contributed by atoms with Crippen molar-refractivity contribution in [2.45, 2.75) is 0 Å². The molecule has 2 aliphatic rings. The van der Waals surface area contributed by atoms with E-state index in [4.69, 9.17) is 13.9 Å². The fourth-order valence-corrected chi connectivity index (χ4v) is 9.40. The highest BCUT2D eigenvalue weighted by Crippen LogP contribution is 2.59. The molecule has 0 bridgehead atoms. The second kappa shape index (κ2) is 11.4. The molecule has 266 valence electrons. The Kier molecular flexibility index (Phi) is 6.10. The lowest BCUT2D eigenvalue weighted by Crippen LogP contribution is -2.19. The number of fused-ring (bicyclic) bond motifs is 14. The van der Waals surface area contributed by atoms with Gasteiger partial charge in [0.25, 0.3) is 0 Å². The zero-order valence-electron chi connectivity index (χ0n) is 30.4. The van der Waals surface area contributed by atoms with E-state index in [1.165, 1.54) is 10.8 Å². The summed E-state index contributed by atoms with van der Waals surface area (Å²) in [6.45, 7) is 0. The van der Waals surface area contributed by atoms with Crippen molar-refractivity contribution in [3.63, 3.8) is 0 Å². The summed E-state index contributed by atoms with van der Waals surface area (Å²) in [5, 5.41) is 11.2. The van der Waals surface area contributed by atoms with E-state index in [1.807, 2.05) is 30.3 Å². The largest absolute Gasteiger partial charge is 0.455 e. The summed E-state index contributed by atoms with van der Waals surface area (Å²) in [7, 11) is 0. The predicted molar refractivity (Wildman–Crippen MR) is 233 cm³/mol. The van der Waals surface area contributed by atoms with Crippen LogP contribution in [-0.4, -0.2) is 0 Å². The number of benzene rings is 10. The van der Waals surface area contributed by atoms with Crippen LogP contribution in [0.3, 0.4) is 0 Å². The van der Waals surface area contributed by atoms with Gasteiger partial charge in [-0.05, 0) is 58.6 Å². The maximum atomic E-state index is 6.95. The minimum absolute atomic E-state index is 0.773. The van der Waals surface area contributed by atoms with Crippen molar-refractivity contribution in [1.29, 1.82) is 0 Å². The molecule has 10 aromatic carbocycles. The quantitative estimate of drug-likeness (QED) is 0.131. The van der Waals surface area contributed by atoms with Gasteiger partial charge in [0.2, 0.25) is 0 Å². The van der Waals surface area contributed by atoms with E-state index >= 15 is 0 Å². The van der Waals surface area contributed by atoms with E-state index in [-0.39, 0.29) is 0 Å². The number of rotatable bonds is 2. The highest BCUT2D eigenvalue weighted by atomic mass is 16.5. The molecular weight excluding hydrogens is 701 g/mol. The maximum absolute atomic E-state index is 6.95. The van der Waals surface area contributed by atoms with Crippen LogP contribution < -0.4 is 19.3 Å². The molecule has 5 nitrogen and oxygen atoms in total.